The molecule has 1 aliphatic rings. The fourth-order valence-electron chi connectivity index (χ4n) is 3.02. The van der Waals surface area contributed by atoms with E-state index < -0.39 is 6.04 Å². The minimum atomic E-state index is -0.570. The van der Waals surface area contributed by atoms with Gasteiger partial charge in [-0.25, -0.2) is 0 Å². The summed E-state index contributed by atoms with van der Waals surface area (Å²) < 4.78 is 5.24. The zero-order valence-corrected chi connectivity index (χ0v) is 15.5. The third kappa shape index (κ3) is 4.03. The number of nitrogens with zero attached hydrogens (tertiary/aromatic N) is 1. The van der Waals surface area contributed by atoms with Crippen LogP contribution < -0.4 is 11.1 Å². The second-order valence-corrected chi connectivity index (χ2v) is 6.97. The SMILES string of the molecule is NCc1cc(C(=O)N2CCCCC2C(=O)Nc2ccc(Cl)cc2Cl)co1. The molecule has 3 N–H and O–H groups in total. The molecule has 0 spiro atoms. The highest BCUT2D eigenvalue weighted by molar-refractivity contribution is 6.36. The van der Waals surface area contributed by atoms with Gasteiger partial charge in [0.05, 0.1) is 22.8 Å². The van der Waals surface area contributed by atoms with Crippen molar-refractivity contribution in [1.82, 2.24) is 4.90 Å². The number of anilines is 1. The Labute approximate surface area is 161 Å². The van der Waals surface area contributed by atoms with Crippen molar-refractivity contribution in [1.29, 1.82) is 0 Å². The summed E-state index contributed by atoms with van der Waals surface area (Å²) in [5.74, 6) is 0.0135. The summed E-state index contributed by atoms with van der Waals surface area (Å²) in [5, 5.41) is 3.63. The van der Waals surface area contributed by atoms with Crippen LogP contribution in [-0.2, 0) is 11.3 Å². The number of halogens is 2. The standard InChI is InChI=1S/C18H19Cl2N3O3/c19-12-4-5-15(14(20)8-12)22-17(24)16-3-1-2-6-23(16)18(25)11-7-13(9-21)26-10-11/h4-5,7-8,10,16H,1-3,6,9,21H2,(H,22,24). The molecule has 1 aromatic heterocycles. The molecule has 2 heterocycles. The van der Waals surface area contributed by atoms with Gasteiger partial charge in [0.2, 0.25) is 5.91 Å². The molecule has 2 amide bonds. The van der Waals surface area contributed by atoms with Gasteiger partial charge < -0.3 is 20.4 Å². The van der Waals surface area contributed by atoms with E-state index in [0.717, 1.165) is 12.8 Å². The second-order valence-electron chi connectivity index (χ2n) is 6.13. The van der Waals surface area contributed by atoms with Gasteiger partial charge in [-0.15, -0.1) is 0 Å². The van der Waals surface area contributed by atoms with Gasteiger partial charge in [-0.3, -0.25) is 9.59 Å². The lowest BCUT2D eigenvalue weighted by Crippen LogP contribution is -2.50. The largest absolute Gasteiger partial charge is 0.467 e. The number of piperidine rings is 1. The number of amides is 2. The number of nitrogens with one attached hydrogen (secondary N) is 1. The number of likely N-dealkylation sites (tertiary alicyclic amines) is 1. The number of carbonyl (C=O) groups is 2. The minimum Gasteiger partial charge on any atom is -0.467 e. The van der Waals surface area contributed by atoms with Crippen molar-refractivity contribution in [3.63, 3.8) is 0 Å². The Morgan fingerprint density at radius 2 is 2.08 bits per heavy atom. The number of nitrogens with two attached hydrogens (primary N) is 1. The van der Waals surface area contributed by atoms with Crippen molar-refractivity contribution in [2.45, 2.75) is 31.8 Å². The van der Waals surface area contributed by atoms with E-state index in [9.17, 15) is 9.59 Å². The monoisotopic (exact) mass is 395 g/mol. The molecular weight excluding hydrogens is 377 g/mol. The first-order chi connectivity index (χ1) is 12.5. The van der Waals surface area contributed by atoms with Gasteiger partial charge in [-0.05, 0) is 43.5 Å². The summed E-state index contributed by atoms with van der Waals surface area (Å²) >= 11 is 12.0. The number of hydrogen-bond donors (Lipinski definition) is 2. The molecule has 1 aromatic carbocycles. The van der Waals surface area contributed by atoms with Crippen LogP contribution in [0.25, 0.3) is 0 Å². The van der Waals surface area contributed by atoms with Gasteiger partial charge in [0.15, 0.2) is 0 Å². The van der Waals surface area contributed by atoms with Crippen LogP contribution in [-0.4, -0.2) is 29.3 Å². The smallest absolute Gasteiger partial charge is 0.257 e. The summed E-state index contributed by atoms with van der Waals surface area (Å²) in [7, 11) is 0. The normalized spacial score (nSPS) is 17.2. The molecule has 0 saturated carbocycles. The third-order valence-corrected chi connectivity index (χ3v) is 4.91. The van der Waals surface area contributed by atoms with E-state index in [-0.39, 0.29) is 18.4 Å². The molecule has 3 rings (SSSR count). The molecule has 0 aliphatic carbocycles. The lowest BCUT2D eigenvalue weighted by molar-refractivity contribution is -0.121. The van der Waals surface area contributed by atoms with Gasteiger partial charge in [0.1, 0.15) is 18.1 Å². The zero-order valence-electron chi connectivity index (χ0n) is 14.0. The van der Waals surface area contributed by atoms with Crippen molar-refractivity contribution >= 4 is 40.7 Å². The average molecular weight is 396 g/mol. The van der Waals surface area contributed by atoms with Crippen LogP contribution in [0.3, 0.4) is 0 Å². The molecule has 1 saturated heterocycles. The highest BCUT2D eigenvalue weighted by Gasteiger charge is 2.33. The van der Waals surface area contributed by atoms with E-state index >= 15 is 0 Å². The van der Waals surface area contributed by atoms with Crippen molar-refractivity contribution in [3.8, 4) is 0 Å². The average Bonchev–Trinajstić information content (AvgIpc) is 3.12. The first-order valence-corrected chi connectivity index (χ1v) is 9.09. The van der Waals surface area contributed by atoms with Crippen LogP contribution in [0.4, 0.5) is 5.69 Å². The van der Waals surface area contributed by atoms with Crippen LogP contribution in [0, 0.1) is 0 Å². The number of rotatable bonds is 4. The Kier molecular flexibility index (Phi) is 5.86. The van der Waals surface area contributed by atoms with Gasteiger partial charge >= 0.3 is 0 Å². The van der Waals surface area contributed by atoms with Gasteiger partial charge in [0.25, 0.3) is 5.91 Å². The zero-order chi connectivity index (χ0) is 18.7. The fourth-order valence-corrected chi connectivity index (χ4v) is 3.48. The Balaban J connectivity index is 1.77. The van der Waals surface area contributed by atoms with Crippen LogP contribution in [0.5, 0.6) is 0 Å². The molecule has 26 heavy (non-hydrogen) atoms. The number of hydrogen-bond acceptors (Lipinski definition) is 4. The fraction of sp³-hybridized carbons (Fsp3) is 0.333. The van der Waals surface area contributed by atoms with Crippen molar-refractivity contribution in [2.24, 2.45) is 5.73 Å². The first-order valence-electron chi connectivity index (χ1n) is 8.34. The highest BCUT2D eigenvalue weighted by Crippen LogP contribution is 2.27. The summed E-state index contributed by atoms with van der Waals surface area (Å²) in [4.78, 5) is 27.2. The third-order valence-electron chi connectivity index (χ3n) is 4.36. The molecule has 1 fully saturated rings. The predicted molar refractivity (Wildman–Crippen MR) is 100 cm³/mol. The Morgan fingerprint density at radius 1 is 1.27 bits per heavy atom. The Bertz CT molecular complexity index is 822. The van der Waals surface area contributed by atoms with Crippen molar-refractivity contribution < 1.29 is 14.0 Å². The quantitative estimate of drug-likeness (QED) is 0.825. The summed E-state index contributed by atoms with van der Waals surface area (Å²) in [6, 6.07) is 5.89. The van der Waals surface area contributed by atoms with Crippen LogP contribution in [0.1, 0.15) is 35.4 Å². The highest BCUT2D eigenvalue weighted by atomic mass is 35.5. The summed E-state index contributed by atoms with van der Waals surface area (Å²) in [6.45, 7) is 0.723. The number of benzene rings is 1. The van der Waals surface area contributed by atoms with Crippen molar-refractivity contribution in [3.05, 3.63) is 51.9 Å². The second kappa shape index (κ2) is 8.12. The lowest BCUT2D eigenvalue weighted by atomic mass is 10.00. The molecule has 0 bridgehead atoms. The Hall–Kier alpha value is -2.02. The Morgan fingerprint density at radius 3 is 2.77 bits per heavy atom. The number of furan rings is 1. The van der Waals surface area contributed by atoms with E-state index in [1.54, 1.807) is 29.2 Å². The van der Waals surface area contributed by atoms with Crippen molar-refractivity contribution in [2.75, 3.05) is 11.9 Å². The molecule has 0 radical (unpaired) electrons. The molecule has 6 nitrogen and oxygen atoms in total. The van der Waals surface area contributed by atoms with Gasteiger partial charge in [-0.2, -0.15) is 0 Å². The van der Waals surface area contributed by atoms with Crippen LogP contribution in [0.15, 0.2) is 34.9 Å². The van der Waals surface area contributed by atoms with E-state index in [1.807, 2.05) is 0 Å². The summed E-state index contributed by atoms with van der Waals surface area (Å²) in [6.07, 6.45) is 3.68. The maximum atomic E-state index is 12.8. The molecule has 1 unspecified atom stereocenters. The maximum absolute atomic E-state index is 12.8. The van der Waals surface area contributed by atoms with Crippen LogP contribution >= 0.6 is 23.2 Å². The van der Waals surface area contributed by atoms with E-state index in [0.29, 0.717) is 40.0 Å². The number of carbonyl (C=O) groups excluding carboxylic acids is 2. The molecule has 8 heteroatoms. The maximum Gasteiger partial charge on any atom is 0.257 e. The molecule has 1 atom stereocenters. The molecular formula is C18H19Cl2N3O3. The van der Waals surface area contributed by atoms with E-state index in [4.69, 9.17) is 33.4 Å². The molecule has 2 aromatic rings. The van der Waals surface area contributed by atoms with E-state index in [2.05, 4.69) is 5.32 Å². The van der Waals surface area contributed by atoms with Gasteiger partial charge in [-0.1, -0.05) is 23.2 Å². The topological polar surface area (TPSA) is 88.6 Å². The first kappa shape index (κ1) is 18.8. The predicted octanol–water partition coefficient (Wildman–Crippen LogP) is 3.68. The molecule has 1 aliphatic heterocycles. The lowest BCUT2D eigenvalue weighted by Gasteiger charge is -2.34. The van der Waals surface area contributed by atoms with Gasteiger partial charge in [0, 0.05) is 11.6 Å². The molecule has 138 valence electrons. The van der Waals surface area contributed by atoms with E-state index in [1.165, 1.54) is 6.26 Å². The summed E-state index contributed by atoms with van der Waals surface area (Å²) in [5.41, 5.74) is 6.39. The minimum absolute atomic E-state index is 0.215. The van der Waals surface area contributed by atoms with Crippen LogP contribution in [0.2, 0.25) is 10.0 Å².